The Hall–Kier alpha value is -3.93. The van der Waals surface area contributed by atoms with Crippen LogP contribution in [0.4, 0.5) is 28.8 Å². The lowest BCUT2D eigenvalue weighted by Gasteiger charge is -2.12. The van der Waals surface area contributed by atoms with Gasteiger partial charge in [-0.25, -0.2) is 4.98 Å². The Bertz CT molecular complexity index is 1110. The lowest BCUT2D eigenvalue weighted by molar-refractivity contribution is -0.114. The number of hydrogen-bond donors (Lipinski definition) is 3. The number of carbonyl (C=O) groups excluding carboxylic acids is 1. The van der Waals surface area contributed by atoms with Gasteiger partial charge in [-0.3, -0.25) is 4.79 Å². The largest absolute Gasteiger partial charge is 0.340 e. The van der Waals surface area contributed by atoms with Gasteiger partial charge in [0.15, 0.2) is 0 Å². The molecule has 0 bridgehead atoms. The van der Waals surface area contributed by atoms with Crippen LogP contribution in [-0.4, -0.2) is 15.9 Å². The van der Waals surface area contributed by atoms with E-state index in [0.717, 1.165) is 33.8 Å². The molecule has 4 rings (SSSR count). The number of rotatable bonds is 5. The van der Waals surface area contributed by atoms with Crippen molar-refractivity contribution in [3.05, 3.63) is 78.9 Å². The van der Waals surface area contributed by atoms with E-state index in [4.69, 9.17) is 0 Å². The van der Waals surface area contributed by atoms with E-state index in [2.05, 4.69) is 25.9 Å². The molecular formula is C22H19N5O. The van der Waals surface area contributed by atoms with Gasteiger partial charge < -0.3 is 16.0 Å². The number of nitrogens with one attached hydrogen (secondary N) is 3. The summed E-state index contributed by atoms with van der Waals surface area (Å²) in [6.45, 7) is 1.48. The Kier molecular flexibility index (Phi) is 4.84. The summed E-state index contributed by atoms with van der Waals surface area (Å²) < 4.78 is 0. The first-order chi connectivity index (χ1) is 13.7. The number of para-hydroxylation sites is 2. The summed E-state index contributed by atoms with van der Waals surface area (Å²) in [7, 11) is 0. The minimum absolute atomic E-state index is 0.102. The lowest BCUT2D eigenvalue weighted by atomic mass is 10.2. The molecule has 0 atom stereocenters. The van der Waals surface area contributed by atoms with Gasteiger partial charge in [0.1, 0.15) is 5.82 Å². The predicted molar refractivity (Wildman–Crippen MR) is 113 cm³/mol. The Labute approximate surface area is 162 Å². The summed E-state index contributed by atoms with van der Waals surface area (Å²) in [6, 6.07) is 25.2. The van der Waals surface area contributed by atoms with Crippen molar-refractivity contribution < 1.29 is 4.79 Å². The first-order valence-electron chi connectivity index (χ1n) is 8.91. The van der Waals surface area contributed by atoms with E-state index in [0.29, 0.717) is 5.95 Å². The molecule has 138 valence electrons. The molecule has 0 radical (unpaired) electrons. The molecule has 28 heavy (non-hydrogen) atoms. The van der Waals surface area contributed by atoms with E-state index >= 15 is 0 Å². The van der Waals surface area contributed by atoms with Crippen molar-refractivity contribution in [2.75, 3.05) is 16.0 Å². The SMILES string of the molecule is CC(=O)Nc1ccc(Nc2nc(Nc3ccccc3)c3ccccc3n2)cc1. The zero-order chi connectivity index (χ0) is 19.3. The van der Waals surface area contributed by atoms with Crippen LogP contribution in [0.3, 0.4) is 0 Å². The first-order valence-corrected chi connectivity index (χ1v) is 8.91. The maximum atomic E-state index is 11.1. The second kappa shape index (κ2) is 7.75. The maximum Gasteiger partial charge on any atom is 0.229 e. The second-order valence-electron chi connectivity index (χ2n) is 6.29. The molecule has 3 aromatic carbocycles. The van der Waals surface area contributed by atoms with Gasteiger partial charge in [-0.2, -0.15) is 4.98 Å². The highest BCUT2D eigenvalue weighted by Crippen LogP contribution is 2.26. The van der Waals surface area contributed by atoms with Gasteiger partial charge in [0.2, 0.25) is 11.9 Å². The molecule has 3 N–H and O–H groups in total. The maximum absolute atomic E-state index is 11.1. The topological polar surface area (TPSA) is 78.9 Å². The van der Waals surface area contributed by atoms with Crippen molar-refractivity contribution in [1.82, 2.24) is 9.97 Å². The van der Waals surface area contributed by atoms with E-state index < -0.39 is 0 Å². The van der Waals surface area contributed by atoms with Crippen molar-refractivity contribution in [2.45, 2.75) is 6.92 Å². The van der Waals surface area contributed by atoms with Crippen LogP contribution in [0.1, 0.15) is 6.92 Å². The number of amides is 1. The molecule has 6 nitrogen and oxygen atoms in total. The third-order valence-electron chi connectivity index (χ3n) is 4.10. The fourth-order valence-corrected chi connectivity index (χ4v) is 2.86. The summed E-state index contributed by atoms with van der Waals surface area (Å²) in [6.07, 6.45) is 0. The quantitative estimate of drug-likeness (QED) is 0.457. The van der Waals surface area contributed by atoms with Crippen LogP contribution in [0.2, 0.25) is 0 Å². The smallest absolute Gasteiger partial charge is 0.229 e. The van der Waals surface area contributed by atoms with Gasteiger partial charge in [0.05, 0.1) is 5.52 Å². The highest BCUT2D eigenvalue weighted by atomic mass is 16.1. The normalized spacial score (nSPS) is 10.5. The number of fused-ring (bicyclic) bond motifs is 1. The standard InChI is InChI=1S/C22H19N5O/c1-15(28)23-17-11-13-18(14-12-17)25-22-26-20-10-6-5-9-19(20)21(27-22)24-16-7-3-2-4-8-16/h2-14H,1H3,(H,23,28)(H2,24,25,26,27). The monoisotopic (exact) mass is 369 g/mol. The molecule has 1 aromatic heterocycles. The van der Waals surface area contributed by atoms with Crippen LogP contribution in [0.25, 0.3) is 10.9 Å². The highest BCUT2D eigenvalue weighted by molar-refractivity contribution is 5.92. The molecule has 4 aromatic rings. The van der Waals surface area contributed by atoms with Crippen molar-refractivity contribution in [1.29, 1.82) is 0 Å². The fourth-order valence-electron chi connectivity index (χ4n) is 2.86. The highest BCUT2D eigenvalue weighted by Gasteiger charge is 2.08. The third kappa shape index (κ3) is 4.07. The third-order valence-corrected chi connectivity index (χ3v) is 4.10. The minimum atomic E-state index is -0.102. The zero-order valence-corrected chi connectivity index (χ0v) is 15.3. The molecule has 0 unspecified atom stereocenters. The van der Waals surface area contributed by atoms with E-state index in [1.54, 1.807) is 0 Å². The molecule has 6 heteroatoms. The second-order valence-corrected chi connectivity index (χ2v) is 6.29. The van der Waals surface area contributed by atoms with Crippen LogP contribution in [0.15, 0.2) is 78.9 Å². The van der Waals surface area contributed by atoms with Gasteiger partial charge in [0, 0.05) is 29.4 Å². The number of hydrogen-bond acceptors (Lipinski definition) is 5. The average molecular weight is 369 g/mol. The lowest BCUT2D eigenvalue weighted by Crippen LogP contribution is -2.05. The number of aromatic nitrogens is 2. The molecule has 0 saturated heterocycles. The van der Waals surface area contributed by atoms with E-state index in [9.17, 15) is 4.79 Å². The molecule has 0 spiro atoms. The summed E-state index contributed by atoms with van der Waals surface area (Å²) >= 11 is 0. The summed E-state index contributed by atoms with van der Waals surface area (Å²) in [5, 5.41) is 10.3. The predicted octanol–water partition coefficient (Wildman–Crippen LogP) is 5.08. The fraction of sp³-hybridized carbons (Fsp3) is 0.0455. The summed E-state index contributed by atoms with van der Waals surface area (Å²) in [5.41, 5.74) is 3.37. The van der Waals surface area contributed by atoms with Crippen LogP contribution >= 0.6 is 0 Å². The van der Waals surface area contributed by atoms with Crippen LogP contribution in [0.5, 0.6) is 0 Å². The van der Waals surface area contributed by atoms with Gasteiger partial charge in [-0.1, -0.05) is 30.3 Å². The minimum Gasteiger partial charge on any atom is -0.340 e. The summed E-state index contributed by atoms with van der Waals surface area (Å²) in [5.74, 6) is 1.12. The van der Waals surface area contributed by atoms with Gasteiger partial charge in [-0.05, 0) is 48.5 Å². The van der Waals surface area contributed by atoms with Crippen LogP contribution in [0, 0.1) is 0 Å². The number of nitrogens with zero attached hydrogens (tertiary/aromatic N) is 2. The number of benzene rings is 3. The zero-order valence-electron chi connectivity index (χ0n) is 15.3. The van der Waals surface area contributed by atoms with E-state index in [1.807, 2.05) is 78.9 Å². The molecule has 0 aliphatic carbocycles. The Morgan fingerprint density at radius 1 is 0.714 bits per heavy atom. The van der Waals surface area contributed by atoms with E-state index in [1.165, 1.54) is 6.92 Å². The van der Waals surface area contributed by atoms with Crippen molar-refractivity contribution in [2.24, 2.45) is 0 Å². The molecule has 0 fully saturated rings. The van der Waals surface area contributed by atoms with Gasteiger partial charge >= 0.3 is 0 Å². The van der Waals surface area contributed by atoms with Gasteiger partial charge in [-0.15, -0.1) is 0 Å². The van der Waals surface area contributed by atoms with Crippen molar-refractivity contribution >= 4 is 45.6 Å². The Morgan fingerprint density at radius 3 is 2.11 bits per heavy atom. The molecule has 0 saturated carbocycles. The van der Waals surface area contributed by atoms with Crippen molar-refractivity contribution in [3.8, 4) is 0 Å². The summed E-state index contributed by atoms with van der Waals surface area (Å²) in [4.78, 5) is 20.4. The van der Waals surface area contributed by atoms with Crippen molar-refractivity contribution in [3.63, 3.8) is 0 Å². The van der Waals surface area contributed by atoms with Crippen LogP contribution < -0.4 is 16.0 Å². The van der Waals surface area contributed by atoms with Gasteiger partial charge in [0.25, 0.3) is 0 Å². The molecule has 1 amide bonds. The Balaban J connectivity index is 1.64. The average Bonchev–Trinajstić information content (AvgIpc) is 2.70. The molecule has 1 heterocycles. The molecular weight excluding hydrogens is 350 g/mol. The molecule has 0 aliphatic heterocycles. The molecule has 0 aliphatic rings. The van der Waals surface area contributed by atoms with E-state index in [-0.39, 0.29) is 5.91 Å². The number of carbonyl (C=O) groups is 1. The Morgan fingerprint density at radius 2 is 1.36 bits per heavy atom. The first kappa shape index (κ1) is 17.5. The van der Waals surface area contributed by atoms with Crippen LogP contribution in [-0.2, 0) is 4.79 Å². The number of anilines is 5.